The molecule has 0 fully saturated rings. The number of nitrogens with zero attached hydrogens (tertiary/aromatic N) is 1. The molecular formula is C15H21NS2. The zero-order valence-corrected chi connectivity index (χ0v) is 13.4. The molecule has 0 saturated heterocycles. The molecule has 0 amide bonds. The minimum Gasteiger partial charge on any atom is -0.328 e. The van der Waals surface area contributed by atoms with Gasteiger partial charge in [-0.1, -0.05) is 49.6 Å². The van der Waals surface area contributed by atoms with Crippen LogP contribution in [0.25, 0.3) is 0 Å². The van der Waals surface area contributed by atoms with Crippen LogP contribution >= 0.6 is 24.4 Å². The Morgan fingerprint density at radius 2 is 1.72 bits per heavy atom. The first kappa shape index (κ1) is 15.3. The Morgan fingerprint density at radius 3 is 2.11 bits per heavy atom. The van der Waals surface area contributed by atoms with E-state index >= 15 is 0 Å². The smallest absolute Gasteiger partial charge is 0.0826 e. The van der Waals surface area contributed by atoms with Gasteiger partial charge in [-0.05, 0) is 45.2 Å². The number of anilines is 1. The van der Waals surface area contributed by atoms with E-state index in [9.17, 15) is 0 Å². The summed E-state index contributed by atoms with van der Waals surface area (Å²) in [6.45, 7) is 10.4. The SMILES string of the molecule is CCC(=S)N(c1c(C)cccc1C)C(C)C(C)=S. The molecule has 0 radical (unpaired) electrons. The predicted octanol–water partition coefficient (Wildman–Crippen LogP) is 4.63. The van der Waals surface area contributed by atoms with E-state index in [1.165, 1.54) is 16.8 Å². The van der Waals surface area contributed by atoms with Gasteiger partial charge in [0.2, 0.25) is 0 Å². The van der Waals surface area contributed by atoms with Crippen LogP contribution in [0, 0.1) is 13.8 Å². The quantitative estimate of drug-likeness (QED) is 0.740. The average molecular weight is 279 g/mol. The molecule has 0 spiro atoms. The summed E-state index contributed by atoms with van der Waals surface area (Å²) >= 11 is 10.9. The molecule has 0 saturated carbocycles. The molecule has 1 atom stereocenters. The van der Waals surface area contributed by atoms with Gasteiger partial charge in [-0.3, -0.25) is 0 Å². The fourth-order valence-electron chi connectivity index (χ4n) is 2.07. The van der Waals surface area contributed by atoms with Gasteiger partial charge in [0.1, 0.15) is 0 Å². The number of para-hydroxylation sites is 1. The predicted molar refractivity (Wildman–Crippen MR) is 89.0 cm³/mol. The van der Waals surface area contributed by atoms with E-state index in [4.69, 9.17) is 24.4 Å². The monoisotopic (exact) mass is 279 g/mol. The van der Waals surface area contributed by atoms with Crippen LogP contribution in [-0.4, -0.2) is 15.9 Å². The molecule has 0 aliphatic rings. The minimum absolute atomic E-state index is 0.159. The molecule has 0 aromatic heterocycles. The molecule has 0 aliphatic heterocycles. The molecular weight excluding hydrogens is 258 g/mol. The largest absolute Gasteiger partial charge is 0.328 e. The van der Waals surface area contributed by atoms with Gasteiger partial charge < -0.3 is 4.90 Å². The van der Waals surface area contributed by atoms with Crippen LogP contribution in [0.2, 0.25) is 0 Å². The minimum atomic E-state index is 0.159. The Balaban J connectivity index is 3.35. The van der Waals surface area contributed by atoms with Gasteiger partial charge in [-0.2, -0.15) is 0 Å². The molecule has 3 heteroatoms. The number of hydrogen-bond donors (Lipinski definition) is 0. The van der Waals surface area contributed by atoms with Crippen molar-refractivity contribution in [1.82, 2.24) is 0 Å². The van der Waals surface area contributed by atoms with Gasteiger partial charge in [-0.25, -0.2) is 0 Å². The average Bonchev–Trinajstić information content (AvgIpc) is 2.32. The van der Waals surface area contributed by atoms with Crippen molar-refractivity contribution in [3.63, 3.8) is 0 Å². The van der Waals surface area contributed by atoms with E-state index in [-0.39, 0.29) is 6.04 Å². The molecule has 1 nitrogen and oxygen atoms in total. The maximum Gasteiger partial charge on any atom is 0.0826 e. The van der Waals surface area contributed by atoms with Crippen molar-refractivity contribution >= 4 is 40.0 Å². The summed E-state index contributed by atoms with van der Waals surface area (Å²) in [5, 5.41) is 0. The number of thiocarbonyl (C=S) groups is 2. The van der Waals surface area contributed by atoms with Gasteiger partial charge in [0.15, 0.2) is 0 Å². The van der Waals surface area contributed by atoms with Crippen LogP contribution in [-0.2, 0) is 0 Å². The second-order valence-corrected chi connectivity index (χ2v) is 5.76. The third-order valence-corrected chi connectivity index (χ3v) is 4.05. The molecule has 0 heterocycles. The zero-order valence-electron chi connectivity index (χ0n) is 11.8. The molecule has 98 valence electrons. The van der Waals surface area contributed by atoms with Crippen molar-refractivity contribution in [1.29, 1.82) is 0 Å². The van der Waals surface area contributed by atoms with Gasteiger partial charge in [-0.15, -0.1) is 0 Å². The second kappa shape index (κ2) is 6.39. The van der Waals surface area contributed by atoms with Crippen LogP contribution in [0.4, 0.5) is 5.69 Å². The van der Waals surface area contributed by atoms with E-state index in [2.05, 4.69) is 50.8 Å². The van der Waals surface area contributed by atoms with Crippen molar-refractivity contribution in [3.8, 4) is 0 Å². The first-order valence-corrected chi connectivity index (χ1v) is 7.10. The molecule has 1 aromatic carbocycles. The highest BCUT2D eigenvalue weighted by Gasteiger charge is 2.22. The number of aryl methyl sites for hydroxylation is 2. The lowest BCUT2D eigenvalue weighted by Crippen LogP contribution is -2.41. The Bertz CT molecular complexity index is 445. The van der Waals surface area contributed by atoms with Gasteiger partial charge in [0.05, 0.1) is 11.0 Å². The first-order chi connectivity index (χ1) is 8.40. The zero-order chi connectivity index (χ0) is 13.9. The Labute approximate surface area is 121 Å². The molecule has 18 heavy (non-hydrogen) atoms. The lowest BCUT2D eigenvalue weighted by molar-refractivity contribution is 0.920. The fourth-order valence-corrected chi connectivity index (χ4v) is 2.43. The summed E-state index contributed by atoms with van der Waals surface area (Å²) in [6.07, 6.45) is 0.857. The third kappa shape index (κ3) is 3.15. The molecule has 0 N–H and O–H groups in total. The lowest BCUT2D eigenvalue weighted by atomic mass is 10.0. The van der Waals surface area contributed by atoms with Crippen LogP contribution < -0.4 is 4.90 Å². The standard InChI is InChI=1S/C15H21NS2/c1-6-14(18)16(12(4)13(5)17)15-10(2)8-7-9-11(15)3/h7-9,12H,6H2,1-5H3. The van der Waals surface area contributed by atoms with E-state index in [0.717, 1.165) is 16.3 Å². The van der Waals surface area contributed by atoms with Crippen molar-refractivity contribution < 1.29 is 0 Å². The Kier molecular flexibility index (Phi) is 5.42. The maximum atomic E-state index is 5.54. The van der Waals surface area contributed by atoms with E-state index in [1.807, 2.05) is 6.92 Å². The van der Waals surface area contributed by atoms with E-state index in [0.29, 0.717) is 0 Å². The van der Waals surface area contributed by atoms with Crippen LogP contribution in [0.3, 0.4) is 0 Å². The lowest BCUT2D eigenvalue weighted by Gasteiger charge is -2.33. The number of hydrogen-bond acceptors (Lipinski definition) is 2. The highest BCUT2D eigenvalue weighted by Crippen LogP contribution is 2.28. The summed E-state index contributed by atoms with van der Waals surface area (Å²) in [5.74, 6) is 0. The van der Waals surface area contributed by atoms with Gasteiger partial charge in [0, 0.05) is 10.6 Å². The van der Waals surface area contributed by atoms with Crippen LogP contribution in [0.1, 0.15) is 38.3 Å². The number of rotatable bonds is 4. The maximum absolute atomic E-state index is 5.54. The van der Waals surface area contributed by atoms with E-state index in [1.54, 1.807) is 0 Å². The second-order valence-electron chi connectivity index (χ2n) is 4.64. The summed E-state index contributed by atoms with van der Waals surface area (Å²) in [6, 6.07) is 6.49. The van der Waals surface area contributed by atoms with E-state index < -0.39 is 0 Å². The normalized spacial score (nSPS) is 12.1. The fraction of sp³-hybridized carbons (Fsp3) is 0.467. The molecule has 1 aromatic rings. The topological polar surface area (TPSA) is 3.24 Å². The van der Waals surface area contributed by atoms with Gasteiger partial charge in [0.25, 0.3) is 0 Å². The third-order valence-electron chi connectivity index (χ3n) is 3.23. The van der Waals surface area contributed by atoms with Crippen LogP contribution in [0.5, 0.6) is 0 Å². The Morgan fingerprint density at radius 1 is 1.22 bits per heavy atom. The molecule has 1 rings (SSSR count). The summed E-state index contributed by atoms with van der Waals surface area (Å²) in [4.78, 5) is 4.13. The molecule has 0 aliphatic carbocycles. The van der Waals surface area contributed by atoms with Crippen LogP contribution in [0.15, 0.2) is 18.2 Å². The summed E-state index contributed by atoms with van der Waals surface area (Å²) in [7, 11) is 0. The Hall–Kier alpha value is -0.800. The number of benzene rings is 1. The molecule has 1 unspecified atom stereocenters. The molecule has 0 bridgehead atoms. The van der Waals surface area contributed by atoms with Crippen molar-refractivity contribution in [2.75, 3.05) is 4.90 Å². The first-order valence-electron chi connectivity index (χ1n) is 6.28. The summed E-state index contributed by atoms with van der Waals surface area (Å²) < 4.78 is 0. The summed E-state index contributed by atoms with van der Waals surface area (Å²) in [5.41, 5.74) is 3.70. The van der Waals surface area contributed by atoms with Crippen molar-refractivity contribution in [3.05, 3.63) is 29.3 Å². The van der Waals surface area contributed by atoms with Crippen molar-refractivity contribution in [2.24, 2.45) is 0 Å². The van der Waals surface area contributed by atoms with Crippen molar-refractivity contribution in [2.45, 2.75) is 47.1 Å². The highest BCUT2D eigenvalue weighted by molar-refractivity contribution is 7.81. The highest BCUT2D eigenvalue weighted by atomic mass is 32.1. The van der Waals surface area contributed by atoms with Gasteiger partial charge >= 0.3 is 0 Å².